The summed E-state index contributed by atoms with van der Waals surface area (Å²) in [6, 6.07) is 33.8. The van der Waals surface area contributed by atoms with Gasteiger partial charge >= 0.3 is 0 Å². The highest BCUT2D eigenvalue weighted by Crippen LogP contribution is 2.41. The lowest BCUT2D eigenvalue weighted by Crippen LogP contribution is -2.65. The highest BCUT2D eigenvalue weighted by molar-refractivity contribution is 6.22. The summed E-state index contributed by atoms with van der Waals surface area (Å²) in [4.78, 5) is 0. The van der Waals surface area contributed by atoms with Gasteiger partial charge in [0.2, 0.25) is 0 Å². The number of aliphatic hydroxyl groups excluding tert-OH is 4. The fourth-order valence-corrected chi connectivity index (χ4v) is 5.25. The Morgan fingerprint density at radius 3 is 1.33 bits per heavy atom. The summed E-state index contributed by atoms with van der Waals surface area (Å²) in [6.45, 7) is -0.410. The van der Waals surface area contributed by atoms with Gasteiger partial charge in [-0.25, -0.2) is 0 Å². The Balaban J connectivity index is 1.50. The van der Waals surface area contributed by atoms with Crippen LogP contribution in [0.1, 0.15) is 47.4 Å². The van der Waals surface area contributed by atoms with Gasteiger partial charge in [-0.2, -0.15) is 0 Å². The zero-order valence-corrected chi connectivity index (χ0v) is 24.8. The van der Waals surface area contributed by atoms with Gasteiger partial charge in [-0.05, 0) is 0 Å². The van der Waals surface area contributed by atoms with Crippen molar-refractivity contribution in [1.82, 2.24) is 0 Å². The number of hydrogen-bond donors (Lipinski definition) is 5. The molecule has 1 saturated heterocycles. The molecule has 0 spiro atoms. The van der Waals surface area contributed by atoms with Crippen LogP contribution in [-0.2, 0) is 23.7 Å². The number of halogens is 1. The van der Waals surface area contributed by atoms with E-state index < -0.39 is 61.4 Å². The maximum absolute atomic E-state index is 11.4. The third kappa shape index (κ3) is 8.53. The van der Waals surface area contributed by atoms with Crippen molar-refractivity contribution in [3.8, 4) is 0 Å². The average Bonchev–Trinajstić information content (AvgIpc) is 3.07. The van der Waals surface area contributed by atoms with E-state index in [4.69, 9.17) is 35.3 Å². The Morgan fingerprint density at radius 2 is 0.911 bits per heavy atom. The first-order valence-electron chi connectivity index (χ1n) is 14.3. The first-order valence-corrected chi connectivity index (χ1v) is 14.7. The van der Waals surface area contributed by atoms with E-state index in [0.29, 0.717) is 22.3 Å². The van der Waals surface area contributed by atoms with Crippen LogP contribution < -0.4 is 0 Å². The number of rotatable bonds is 13. The predicted octanol–water partition coefficient (Wildman–Crippen LogP) is 4.21. The minimum atomic E-state index is -2.67. The van der Waals surface area contributed by atoms with Gasteiger partial charge in [0.05, 0.1) is 6.61 Å². The third-order valence-electron chi connectivity index (χ3n) is 7.26. The Labute approximate surface area is 265 Å². The molecule has 5 unspecified atom stereocenters. The molecule has 1 fully saturated rings. The van der Waals surface area contributed by atoms with Crippen molar-refractivity contribution >= 4 is 11.6 Å². The number of benzene rings is 4. The normalized spacial score (nSPS) is 26.1. The van der Waals surface area contributed by atoms with Crippen LogP contribution in [0.15, 0.2) is 121 Å². The zero-order valence-electron chi connectivity index (χ0n) is 24.0. The van der Waals surface area contributed by atoms with E-state index in [-0.39, 0.29) is 0 Å². The van der Waals surface area contributed by atoms with E-state index in [1.54, 1.807) is 121 Å². The second-order valence-corrected chi connectivity index (χ2v) is 11.0. The predicted molar refractivity (Wildman–Crippen MR) is 162 cm³/mol. The second-order valence-electron chi connectivity index (χ2n) is 10.4. The van der Waals surface area contributed by atoms with Crippen molar-refractivity contribution in [2.75, 3.05) is 6.61 Å². The van der Waals surface area contributed by atoms with Crippen LogP contribution in [0.5, 0.6) is 0 Å². The van der Waals surface area contributed by atoms with Crippen LogP contribution in [0.25, 0.3) is 0 Å². The molecule has 0 saturated carbocycles. The molecule has 0 radical (unpaired) electrons. The lowest BCUT2D eigenvalue weighted by atomic mass is 9.97. The van der Waals surface area contributed by atoms with Crippen LogP contribution >= 0.6 is 11.6 Å². The molecule has 0 aromatic heterocycles. The summed E-state index contributed by atoms with van der Waals surface area (Å²) in [6.07, 6.45) is -12.0. The number of hydrogen-bond acceptors (Lipinski definition) is 10. The molecule has 4 aromatic rings. The molecule has 0 aliphatic carbocycles. The standard InChI is InChI=1S/C34H35ClO10/c35-34(40)29(44-33(39)25-19-11-4-12-20-25)28(43-32(38)24-17-9-3-10-18-24)27(42-31(37)23-15-7-2-8-16-23)26(45-34)21-41-30(36)22-13-5-1-6-14-22/h1-20,26-33,36-40H,21H2/t26-,27+,28+,29-,30?,31?,32?,33?,34?/m1/s1. The molecule has 1 heterocycles. The van der Waals surface area contributed by atoms with Crippen molar-refractivity contribution < 1.29 is 49.2 Å². The molecule has 0 amide bonds. The number of alkyl halides is 1. The van der Waals surface area contributed by atoms with E-state index in [1.165, 1.54) is 0 Å². The van der Waals surface area contributed by atoms with Crippen molar-refractivity contribution in [2.24, 2.45) is 0 Å². The maximum Gasteiger partial charge on any atom is 0.276 e. The fraction of sp³-hybridized carbons (Fsp3) is 0.294. The molecule has 5 N–H and O–H groups in total. The maximum atomic E-state index is 11.4. The highest BCUT2D eigenvalue weighted by Gasteiger charge is 2.57. The molecule has 10 nitrogen and oxygen atoms in total. The van der Waals surface area contributed by atoms with Crippen molar-refractivity contribution in [3.05, 3.63) is 144 Å². The summed E-state index contributed by atoms with van der Waals surface area (Å²) < 4.78 is 29.5. The molecule has 11 heteroatoms. The molecule has 238 valence electrons. The van der Waals surface area contributed by atoms with Gasteiger partial charge in [0.25, 0.3) is 5.25 Å². The zero-order chi connectivity index (χ0) is 31.8. The minimum Gasteiger partial charge on any atom is -0.364 e. The van der Waals surface area contributed by atoms with Gasteiger partial charge in [0, 0.05) is 22.3 Å². The molecular formula is C34H35ClO10. The molecule has 0 bridgehead atoms. The molecule has 45 heavy (non-hydrogen) atoms. The highest BCUT2D eigenvalue weighted by atomic mass is 35.5. The van der Waals surface area contributed by atoms with Gasteiger partial charge in [0.15, 0.2) is 31.3 Å². The van der Waals surface area contributed by atoms with E-state index >= 15 is 0 Å². The molecule has 4 aromatic carbocycles. The van der Waals surface area contributed by atoms with E-state index in [9.17, 15) is 25.5 Å². The first kappa shape index (κ1) is 33.1. The molecule has 1 aliphatic rings. The molecular weight excluding hydrogens is 604 g/mol. The number of aliphatic hydroxyl groups is 5. The average molecular weight is 639 g/mol. The van der Waals surface area contributed by atoms with Crippen LogP contribution in [0.2, 0.25) is 0 Å². The molecule has 9 atom stereocenters. The Morgan fingerprint density at radius 1 is 0.556 bits per heavy atom. The van der Waals surface area contributed by atoms with E-state index in [0.717, 1.165) is 0 Å². The summed E-state index contributed by atoms with van der Waals surface area (Å²) >= 11 is 6.54. The lowest BCUT2D eigenvalue weighted by Gasteiger charge is -2.48. The van der Waals surface area contributed by atoms with Gasteiger partial charge < -0.3 is 49.2 Å². The summed E-state index contributed by atoms with van der Waals surface area (Å²) in [5, 5.41) is 52.7. The summed E-state index contributed by atoms with van der Waals surface area (Å²) in [5.41, 5.74) is 1.54. The Hall–Kier alpha value is -3.23. The van der Waals surface area contributed by atoms with Gasteiger partial charge in [-0.3, -0.25) is 0 Å². The molecule has 1 aliphatic heterocycles. The summed E-state index contributed by atoms with van der Waals surface area (Å²) in [5.74, 6) is 0. The van der Waals surface area contributed by atoms with Gasteiger partial charge in [-0.1, -0.05) is 133 Å². The van der Waals surface area contributed by atoms with Crippen LogP contribution in [0.4, 0.5) is 0 Å². The molecule has 5 rings (SSSR count). The van der Waals surface area contributed by atoms with Crippen LogP contribution in [0.3, 0.4) is 0 Å². The van der Waals surface area contributed by atoms with E-state index in [1.807, 2.05) is 0 Å². The third-order valence-corrected chi connectivity index (χ3v) is 7.57. The van der Waals surface area contributed by atoms with Crippen LogP contribution in [0, 0.1) is 0 Å². The Bertz CT molecular complexity index is 1430. The topological polar surface area (TPSA) is 147 Å². The van der Waals surface area contributed by atoms with Crippen molar-refractivity contribution in [2.45, 2.75) is 54.8 Å². The van der Waals surface area contributed by atoms with Crippen molar-refractivity contribution in [1.29, 1.82) is 0 Å². The van der Waals surface area contributed by atoms with Crippen LogP contribution in [-0.4, -0.2) is 61.8 Å². The van der Waals surface area contributed by atoms with Gasteiger partial charge in [0.1, 0.15) is 18.3 Å². The summed E-state index contributed by atoms with van der Waals surface area (Å²) in [7, 11) is 0. The SMILES string of the molecule is OC(OC[C@H]1OC(O)(Cl)[C@H](OC(O)c2ccccc2)[C@@H](OC(O)c2ccccc2)[C@H]1OC(O)c1ccccc1)c1ccccc1. The van der Waals surface area contributed by atoms with E-state index in [2.05, 4.69) is 0 Å². The first-order chi connectivity index (χ1) is 21.7. The second kappa shape index (κ2) is 15.4. The fourth-order valence-electron chi connectivity index (χ4n) is 4.96. The monoisotopic (exact) mass is 638 g/mol. The Kier molecular flexibility index (Phi) is 11.3. The largest absolute Gasteiger partial charge is 0.364 e. The lowest BCUT2D eigenvalue weighted by molar-refractivity contribution is -0.377. The quantitative estimate of drug-likeness (QED) is 0.107. The van der Waals surface area contributed by atoms with Gasteiger partial charge in [-0.15, -0.1) is 0 Å². The smallest absolute Gasteiger partial charge is 0.276 e. The minimum absolute atomic E-state index is 0.338. The van der Waals surface area contributed by atoms with Crippen molar-refractivity contribution in [3.63, 3.8) is 0 Å². The number of ether oxygens (including phenoxy) is 5.